The quantitative estimate of drug-likeness (QED) is 0.397. The molecule has 0 bridgehead atoms. The van der Waals surface area contributed by atoms with Gasteiger partial charge in [-0.05, 0) is 37.2 Å². The zero-order valence-corrected chi connectivity index (χ0v) is 17.5. The van der Waals surface area contributed by atoms with Crippen LogP contribution in [-0.4, -0.2) is 38.3 Å². The van der Waals surface area contributed by atoms with Gasteiger partial charge in [-0.3, -0.25) is 4.79 Å². The van der Waals surface area contributed by atoms with E-state index in [-0.39, 0.29) is 46.8 Å². The summed E-state index contributed by atoms with van der Waals surface area (Å²) in [5.74, 6) is -0.832. The Balaban J connectivity index is 3.09. The largest absolute Gasteiger partial charge is 0.489 e. The Morgan fingerprint density at radius 2 is 1.96 bits per heavy atom. The van der Waals surface area contributed by atoms with Crippen molar-refractivity contribution >= 4 is 25.7 Å². The molecule has 1 N–H and O–H groups in total. The fourth-order valence-electron chi connectivity index (χ4n) is 1.91. The van der Waals surface area contributed by atoms with Crippen molar-refractivity contribution in [3.63, 3.8) is 0 Å². The van der Waals surface area contributed by atoms with E-state index in [2.05, 4.69) is 33.9 Å². The zero-order valence-electron chi connectivity index (χ0n) is 15.8. The fourth-order valence-corrected chi connectivity index (χ4v) is 3.00. The predicted octanol–water partition coefficient (Wildman–Crippen LogP) is 4.70. The summed E-state index contributed by atoms with van der Waals surface area (Å²) >= 11 is 5.57. The first-order valence-corrected chi connectivity index (χ1v) is 11.7. The van der Waals surface area contributed by atoms with Crippen LogP contribution >= 0.6 is 11.6 Å². The number of hydrogen-bond acceptors (Lipinski definition) is 4. The first-order chi connectivity index (χ1) is 11.4. The molecule has 4 nitrogen and oxygen atoms in total. The lowest BCUT2D eigenvalue weighted by Gasteiger charge is -2.36. The summed E-state index contributed by atoms with van der Waals surface area (Å²) in [6, 6.07) is 2.68. The molecule has 142 valence electrons. The van der Waals surface area contributed by atoms with E-state index in [1.165, 1.54) is 19.1 Å². The summed E-state index contributed by atoms with van der Waals surface area (Å²) in [5, 5.41) is 10.4. The van der Waals surface area contributed by atoms with Gasteiger partial charge in [-0.1, -0.05) is 20.8 Å². The van der Waals surface area contributed by atoms with Crippen LogP contribution in [0.15, 0.2) is 12.1 Å². The minimum absolute atomic E-state index is 0.00372. The number of benzene rings is 1. The molecule has 1 unspecified atom stereocenters. The number of aliphatic hydroxyl groups is 1. The van der Waals surface area contributed by atoms with Crippen LogP contribution in [0.2, 0.25) is 18.1 Å². The fraction of sp³-hybridized carbons (Fsp3) is 0.611. The van der Waals surface area contributed by atoms with E-state index in [9.17, 15) is 14.3 Å². The van der Waals surface area contributed by atoms with Crippen LogP contribution in [0.3, 0.4) is 0 Å². The van der Waals surface area contributed by atoms with Gasteiger partial charge in [-0.25, -0.2) is 4.39 Å². The number of carbonyl (C=O) groups is 1. The Morgan fingerprint density at radius 1 is 1.36 bits per heavy atom. The third kappa shape index (κ3) is 5.77. The highest BCUT2D eigenvalue weighted by molar-refractivity contribution is 6.74. The number of ether oxygens (including phenoxy) is 1. The molecular formula is C18H28ClFO4Si. The smallest absolute Gasteiger partial charge is 0.192 e. The number of Topliss-reactive ketones (excluding diaryl/α,β-unsaturated/α-hetero) is 1. The van der Waals surface area contributed by atoms with E-state index in [0.29, 0.717) is 0 Å². The summed E-state index contributed by atoms with van der Waals surface area (Å²) in [6.45, 7) is 11.8. The first kappa shape index (κ1) is 22.1. The Hall–Kier alpha value is -0.953. The minimum atomic E-state index is -2.09. The molecule has 25 heavy (non-hydrogen) atoms. The van der Waals surface area contributed by atoms with Gasteiger partial charge in [0.25, 0.3) is 0 Å². The molecule has 0 heterocycles. The molecule has 7 heteroatoms. The average Bonchev–Trinajstić information content (AvgIpc) is 2.50. The SMILES string of the molecule is CC(=O)c1cc(OCCCl)c(F)c(C(O)CO[Si](C)(C)C(C)(C)C)c1. The Kier molecular flexibility index (Phi) is 7.62. The number of halogens is 2. The monoisotopic (exact) mass is 390 g/mol. The molecule has 0 saturated carbocycles. The highest BCUT2D eigenvalue weighted by atomic mass is 35.5. The van der Waals surface area contributed by atoms with E-state index >= 15 is 0 Å². The van der Waals surface area contributed by atoms with E-state index in [1.807, 2.05) is 0 Å². The number of alkyl halides is 1. The molecule has 0 amide bonds. The van der Waals surface area contributed by atoms with Crippen LogP contribution in [-0.2, 0) is 4.43 Å². The second-order valence-corrected chi connectivity index (χ2v) is 12.7. The number of aliphatic hydroxyl groups excluding tert-OH is 1. The topological polar surface area (TPSA) is 55.8 Å². The zero-order chi connectivity index (χ0) is 19.4. The van der Waals surface area contributed by atoms with E-state index in [4.69, 9.17) is 20.8 Å². The molecule has 0 radical (unpaired) electrons. The van der Waals surface area contributed by atoms with Crippen LogP contribution in [0.1, 0.15) is 49.7 Å². The maximum absolute atomic E-state index is 14.7. The molecule has 0 aliphatic carbocycles. The Labute approximate surface area is 155 Å². The van der Waals surface area contributed by atoms with Crippen molar-refractivity contribution in [1.82, 2.24) is 0 Å². The van der Waals surface area contributed by atoms with Gasteiger partial charge in [0.15, 0.2) is 25.7 Å². The summed E-state index contributed by atoms with van der Waals surface area (Å²) < 4.78 is 25.9. The minimum Gasteiger partial charge on any atom is -0.489 e. The number of carbonyl (C=O) groups excluding carboxylic acids is 1. The normalized spacial score (nSPS) is 13.6. The first-order valence-electron chi connectivity index (χ1n) is 8.26. The maximum atomic E-state index is 14.7. The highest BCUT2D eigenvalue weighted by Gasteiger charge is 2.37. The standard InChI is InChI=1S/C18H28ClFO4Si/c1-12(21)13-9-14(17(20)16(10-13)23-8-7-19)15(22)11-24-25(5,6)18(2,3)4/h9-10,15,22H,7-8,11H2,1-6H3. The summed E-state index contributed by atoms with van der Waals surface area (Å²) in [7, 11) is -2.09. The Morgan fingerprint density at radius 3 is 2.44 bits per heavy atom. The van der Waals surface area contributed by atoms with Crippen LogP contribution in [0, 0.1) is 5.82 Å². The molecule has 0 aliphatic rings. The third-order valence-corrected chi connectivity index (χ3v) is 9.23. The van der Waals surface area contributed by atoms with Gasteiger partial charge in [-0.15, -0.1) is 11.6 Å². The van der Waals surface area contributed by atoms with Gasteiger partial charge in [0.2, 0.25) is 0 Å². The van der Waals surface area contributed by atoms with Crippen LogP contribution < -0.4 is 4.74 Å². The van der Waals surface area contributed by atoms with Crippen molar-refractivity contribution in [3.05, 3.63) is 29.1 Å². The van der Waals surface area contributed by atoms with E-state index in [0.717, 1.165) is 0 Å². The average molecular weight is 391 g/mol. The van der Waals surface area contributed by atoms with Gasteiger partial charge in [0.1, 0.15) is 12.7 Å². The highest BCUT2D eigenvalue weighted by Crippen LogP contribution is 2.37. The van der Waals surface area contributed by atoms with Crippen LogP contribution in [0.25, 0.3) is 0 Å². The van der Waals surface area contributed by atoms with Crippen molar-refractivity contribution in [3.8, 4) is 5.75 Å². The molecule has 1 aromatic carbocycles. The summed E-state index contributed by atoms with van der Waals surface area (Å²) in [5.41, 5.74) is 0.267. The molecular weight excluding hydrogens is 363 g/mol. The molecule has 1 atom stereocenters. The van der Waals surface area contributed by atoms with Gasteiger partial charge >= 0.3 is 0 Å². The third-order valence-electron chi connectivity index (χ3n) is 4.58. The summed E-state index contributed by atoms with van der Waals surface area (Å²) in [4.78, 5) is 11.7. The van der Waals surface area contributed by atoms with Crippen LogP contribution in [0.4, 0.5) is 4.39 Å². The molecule has 0 saturated heterocycles. The van der Waals surface area contributed by atoms with Crippen molar-refractivity contribution in [2.24, 2.45) is 0 Å². The maximum Gasteiger partial charge on any atom is 0.192 e. The predicted molar refractivity (Wildman–Crippen MR) is 101 cm³/mol. The molecule has 0 aliphatic heterocycles. The van der Waals surface area contributed by atoms with Crippen molar-refractivity contribution in [2.75, 3.05) is 19.1 Å². The number of hydrogen-bond donors (Lipinski definition) is 1. The lowest BCUT2D eigenvalue weighted by atomic mass is 10.0. The number of ketones is 1. The molecule has 0 spiro atoms. The van der Waals surface area contributed by atoms with Crippen molar-refractivity contribution in [1.29, 1.82) is 0 Å². The lowest BCUT2D eigenvalue weighted by molar-refractivity contribution is 0.0959. The van der Waals surface area contributed by atoms with Gasteiger partial charge in [0, 0.05) is 11.1 Å². The molecule has 1 rings (SSSR count). The van der Waals surface area contributed by atoms with Gasteiger partial charge < -0.3 is 14.3 Å². The van der Waals surface area contributed by atoms with Gasteiger partial charge in [-0.2, -0.15) is 0 Å². The number of rotatable bonds is 8. The van der Waals surface area contributed by atoms with E-state index in [1.54, 1.807) is 0 Å². The van der Waals surface area contributed by atoms with Crippen molar-refractivity contribution < 1.29 is 23.5 Å². The summed E-state index contributed by atoms with van der Waals surface area (Å²) in [6.07, 6.45) is -1.19. The lowest BCUT2D eigenvalue weighted by Crippen LogP contribution is -2.41. The second-order valence-electron chi connectivity index (χ2n) is 7.56. The van der Waals surface area contributed by atoms with Crippen LogP contribution in [0.5, 0.6) is 5.75 Å². The Bertz CT molecular complexity index is 614. The second kappa shape index (κ2) is 8.62. The molecule has 1 aromatic rings. The van der Waals surface area contributed by atoms with E-state index < -0.39 is 20.2 Å². The van der Waals surface area contributed by atoms with Crippen molar-refractivity contribution in [2.45, 2.75) is 51.9 Å². The van der Waals surface area contributed by atoms with Gasteiger partial charge in [0.05, 0.1) is 12.5 Å². The molecule has 0 fully saturated rings. The molecule has 0 aromatic heterocycles.